The number of ether oxygens (including phenoxy) is 2. The van der Waals surface area contributed by atoms with Crippen LogP contribution >= 0.6 is 0 Å². The molecule has 1 spiro atoms. The van der Waals surface area contributed by atoms with Gasteiger partial charge >= 0.3 is 0 Å². The third kappa shape index (κ3) is 2.50. The number of hydrogen-bond donors (Lipinski definition) is 1. The number of rotatable bonds is 0. The number of aliphatic hydroxyl groups excluding tert-OH is 1. The topological polar surface area (TPSA) is 72.8 Å². The minimum absolute atomic E-state index is 0.0895. The van der Waals surface area contributed by atoms with Gasteiger partial charge in [-0.05, 0) is 87.2 Å². The van der Waals surface area contributed by atoms with Crippen molar-refractivity contribution in [2.75, 3.05) is 6.61 Å². The minimum atomic E-state index is -0.769. The second-order valence-electron chi connectivity index (χ2n) is 11.1. The standard InChI is InChI=1S/C24H34O5/c1-21(2)28-13-20(27)24(29-21)10-7-17-15-12-19(26)18-11-14(25)5-8-22(18,3)16(15)6-9-23(17,24)4/h11,15-17,19,26H,5-10,12-13H2,1-4H3/t15-,16+,17+,19-,22-,23+,24+/m1/s1. The second kappa shape index (κ2) is 6.02. The molecule has 0 unspecified atom stereocenters. The summed E-state index contributed by atoms with van der Waals surface area (Å²) in [4.78, 5) is 25.2. The molecule has 5 rings (SSSR count). The fourth-order valence-corrected chi connectivity index (χ4v) is 8.09. The van der Waals surface area contributed by atoms with Gasteiger partial charge in [-0.3, -0.25) is 9.59 Å². The number of aliphatic hydroxyl groups is 1. The van der Waals surface area contributed by atoms with Gasteiger partial charge in [0.1, 0.15) is 12.2 Å². The van der Waals surface area contributed by atoms with E-state index >= 15 is 0 Å². The van der Waals surface area contributed by atoms with Crippen molar-refractivity contribution >= 4 is 11.6 Å². The monoisotopic (exact) mass is 402 g/mol. The van der Waals surface area contributed by atoms with Gasteiger partial charge in [0, 0.05) is 11.8 Å². The first-order valence-corrected chi connectivity index (χ1v) is 11.3. The molecule has 1 saturated heterocycles. The van der Waals surface area contributed by atoms with Crippen LogP contribution in [0.4, 0.5) is 0 Å². The van der Waals surface area contributed by atoms with Crippen LogP contribution in [0, 0.1) is 28.6 Å². The smallest absolute Gasteiger partial charge is 0.190 e. The molecule has 29 heavy (non-hydrogen) atoms. The van der Waals surface area contributed by atoms with E-state index in [0.29, 0.717) is 30.6 Å². The van der Waals surface area contributed by atoms with Crippen molar-refractivity contribution < 1.29 is 24.2 Å². The Morgan fingerprint density at radius 1 is 1.03 bits per heavy atom. The van der Waals surface area contributed by atoms with Crippen LogP contribution in [0.2, 0.25) is 0 Å². The van der Waals surface area contributed by atoms with E-state index < -0.39 is 17.5 Å². The first-order valence-electron chi connectivity index (χ1n) is 11.3. The Kier molecular flexibility index (Phi) is 4.13. The van der Waals surface area contributed by atoms with Gasteiger partial charge in [0.15, 0.2) is 17.4 Å². The molecule has 5 heteroatoms. The molecule has 0 radical (unpaired) electrons. The number of Topliss-reactive ketones (excluding diaryl/α,β-unsaturated/α-hetero) is 1. The van der Waals surface area contributed by atoms with E-state index in [1.165, 1.54) is 0 Å². The Balaban J connectivity index is 1.53. The van der Waals surface area contributed by atoms with E-state index in [0.717, 1.165) is 37.7 Å². The lowest BCUT2D eigenvalue weighted by Crippen LogP contribution is -2.64. The summed E-state index contributed by atoms with van der Waals surface area (Å²) in [5, 5.41) is 11.0. The third-order valence-corrected chi connectivity index (χ3v) is 9.52. The number of carbonyl (C=O) groups excluding carboxylic acids is 2. The average molecular weight is 403 g/mol. The van der Waals surface area contributed by atoms with Crippen molar-refractivity contribution in [3.63, 3.8) is 0 Å². The van der Waals surface area contributed by atoms with Crippen LogP contribution in [0.3, 0.4) is 0 Å². The summed E-state index contributed by atoms with van der Waals surface area (Å²) in [5.74, 6) is 0.665. The normalized spacial score (nSPS) is 51.3. The highest BCUT2D eigenvalue weighted by Gasteiger charge is 2.70. The van der Waals surface area contributed by atoms with Crippen molar-refractivity contribution in [3.05, 3.63) is 11.6 Å². The number of ketones is 2. The molecule has 4 aliphatic carbocycles. The third-order valence-electron chi connectivity index (χ3n) is 9.52. The van der Waals surface area contributed by atoms with Crippen LogP contribution in [0.1, 0.15) is 72.6 Å². The summed E-state index contributed by atoms with van der Waals surface area (Å²) < 4.78 is 12.1. The quantitative estimate of drug-likeness (QED) is 0.670. The zero-order valence-corrected chi connectivity index (χ0v) is 18.1. The highest BCUT2D eigenvalue weighted by Crippen LogP contribution is 2.69. The zero-order valence-electron chi connectivity index (χ0n) is 18.1. The molecular weight excluding hydrogens is 368 g/mol. The zero-order chi connectivity index (χ0) is 20.8. The Bertz CT molecular complexity index is 799. The van der Waals surface area contributed by atoms with Gasteiger partial charge in [-0.1, -0.05) is 13.8 Å². The molecule has 0 aromatic heterocycles. The van der Waals surface area contributed by atoms with Crippen LogP contribution in [-0.4, -0.2) is 40.8 Å². The van der Waals surface area contributed by atoms with Crippen molar-refractivity contribution in [1.82, 2.24) is 0 Å². The van der Waals surface area contributed by atoms with Crippen molar-refractivity contribution in [2.45, 2.75) is 90.1 Å². The lowest BCUT2D eigenvalue weighted by Gasteiger charge is -2.61. The fourth-order valence-electron chi connectivity index (χ4n) is 8.09. The SMILES string of the molecule is CC1(C)OCC(=O)[C@]2(CC[C@H]3[C@@H]4C[C@@H](O)C5=CC(=O)CC[C@]5(C)[C@H]4CC[C@@]32C)O1. The Hall–Kier alpha value is -1.04. The molecule has 4 fully saturated rings. The van der Waals surface area contributed by atoms with E-state index in [9.17, 15) is 14.7 Å². The molecule has 1 aliphatic heterocycles. The summed E-state index contributed by atoms with van der Waals surface area (Å²) in [7, 11) is 0. The highest BCUT2D eigenvalue weighted by molar-refractivity contribution is 5.92. The Morgan fingerprint density at radius 2 is 1.76 bits per heavy atom. The molecule has 1 heterocycles. The van der Waals surface area contributed by atoms with E-state index in [4.69, 9.17) is 9.47 Å². The maximum Gasteiger partial charge on any atom is 0.190 e. The van der Waals surface area contributed by atoms with Gasteiger partial charge in [-0.25, -0.2) is 0 Å². The number of carbonyl (C=O) groups is 2. The van der Waals surface area contributed by atoms with Crippen LogP contribution in [-0.2, 0) is 19.1 Å². The number of fused-ring (bicyclic) bond motifs is 6. The van der Waals surface area contributed by atoms with E-state index in [1.54, 1.807) is 6.08 Å². The molecule has 0 aromatic rings. The van der Waals surface area contributed by atoms with Crippen molar-refractivity contribution in [1.29, 1.82) is 0 Å². The average Bonchev–Trinajstić information content (AvgIpc) is 2.93. The molecule has 0 aromatic carbocycles. The van der Waals surface area contributed by atoms with Gasteiger partial charge in [0.05, 0.1) is 6.10 Å². The molecule has 160 valence electrons. The lowest BCUT2D eigenvalue weighted by molar-refractivity contribution is -0.313. The van der Waals surface area contributed by atoms with E-state index in [2.05, 4.69) is 13.8 Å². The van der Waals surface area contributed by atoms with Gasteiger partial charge in [0.2, 0.25) is 0 Å². The molecular formula is C24H34O5. The molecule has 0 amide bonds. The summed E-state index contributed by atoms with van der Waals surface area (Å²) >= 11 is 0. The first kappa shape index (κ1) is 19.9. The predicted molar refractivity (Wildman–Crippen MR) is 107 cm³/mol. The summed E-state index contributed by atoms with van der Waals surface area (Å²) in [5.41, 5.74) is -0.137. The van der Waals surface area contributed by atoms with Crippen LogP contribution < -0.4 is 0 Å². The minimum Gasteiger partial charge on any atom is -0.389 e. The molecule has 0 bridgehead atoms. The van der Waals surface area contributed by atoms with Gasteiger partial charge in [-0.15, -0.1) is 0 Å². The predicted octanol–water partition coefficient (Wildman–Crippen LogP) is 3.58. The van der Waals surface area contributed by atoms with Crippen molar-refractivity contribution in [3.8, 4) is 0 Å². The molecule has 3 saturated carbocycles. The molecule has 1 N–H and O–H groups in total. The largest absolute Gasteiger partial charge is 0.389 e. The van der Waals surface area contributed by atoms with Crippen LogP contribution in [0.5, 0.6) is 0 Å². The van der Waals surface area contributed by atoms with Gasteiger partial charge in [0.25, 0.3) is 0 Å². The Morgan fingerprint density at radius 3 is 2.52 bits per heavy atom. The maximum absolute atomic E-state index is 13.2. The summed E-state index contributed by atoms with van der Waals surface area (Å²) in [6.07, 6.45) is 6.98. The number of hydrogen-bond acceptors (Lipinski definition) is 5. The summed E-state index contributed by atoms with van der Waals surface area (Å²) in [6.45, 7) is 8.46. The Labute approximate surface area is 173 Å². The fraction of sp³-hybridized carbons (Fsp3) is 0.833. The van der Waals surface area contributed by atoms with E-state index in [-0.39, 0.29) is 29.0 Å². The van der Waals surface area contributed by atoms with E-state index in [1.807, 2.05) is 13.8 Å². The van der Waals surface area contributed by atoms with Gasteiger partial charge in [-0.2, -0.15) is 0 Å². The van der Waals surface area contributed by atoms with Crippen LogP contribution in [0.25, 0.3) is 0 Å². The second-order valence-corrected chi connectivity index (χ2v) is 11.1. The van der Waals surface area contributed by atoms with Crippen LogP contribution in [0.15, 0.2) is 11.6 Å². The lowest BCUT2D eigenvalue weighted by atomic mass is 9.45. The molecule has 5 nitrogen and oxygen atoms in total. The molecule has 5 aliphatic rings. The molecule has 7 atom stereocenters. The summed E-state index contributed by atoms with van der Waals surface area (Å²) in [6, 6.07) is 0. The first-order chi connectivity index (χ1) is 13.5. The van der Waals surface area contributed by atoms with Crippen molar-refractivity contribution in [2.24, 2.45) is 28.6 Å². The maximum atomic E-state index is 13.2. The van der Waals surface area contributed by atoms with Gasteiger partial charge < -0.3 is 14.6 Å². The highest BCUT2D eigenvalue weighted by atomic mass is 16.7.